The van der Waals surface area contributed by atoms with Crippen molar-refractivity contribution >= 4 is 29.2 Å². The van der Waals surface area contributed by atoms with Crippen LogP contribution in [0.4, 0.5) is 5.69 Å². The molecule has 92 valence electrons. The Morgan fingerprint density at radius 1 is 1.29 bits per heavy atom. The molecule has 0 radical (unpaired) electrons. The maximum absolute atomic E-state index is 11.4. The number of aliphatic carboxylic acids is 1. The summed E-state index contributed by atoms with van der Waals surface area (Å²) < 4.78 is 0. The van der Waals surface area contributed by atoms with Gasteiger partial charge in [-0.3, -0.25) is 9.59 Å². The van der Waals surface area contributed by atoms with Gasteiger partial charge >= 0.3 is 5.97 Å². The number of hydrogen-bond acceptors (Lipinski definition) is 3. The van der Waals surface area contributed by atoms with Gasteiger partial charge in [-0.15, -0.1) is 0 Å². The van der Waals surface area contributed by atoms with Gasteiger partial charge in [-0.2, -0.15) is 0 Å². The lowest BCUT2D eigenvalue weighted by atomic mass is 10.2. The largest absolute Gasteiger partial charge is 0.481 e. The number of amides is 1. The van der Waals surface area contributed by atoms with E-state index >= 15 is 0 Å². The van der Waals surface area contributed by atoms with Gasteiger partial charge in [0.05, 0.1) is 11.9 Å². The third kappa shape index (κ3) is 5.87. The van der Waals surface area contributed by atoms with E-state index in [1.165, 1.54) is 6.20 Å². The Hall–Kier alpha value is -1.62. The van der Waals surface area contributed by atoms with Crippen molar-refractivity contribution in [1.82, 2.24) is 4.98 Å². The fourth-order valence-electron chi connectivity index (χ4n) is 1.24. The second-order valence-corrected chi connectivity index (χ2v) is 3.91. The molecule has 5 nitrogen and oxygen atoms in total. The van der Waals surface area contributed by atoms with Crippen LogP contribution in [0, 0.1) is 0 Å². The lowest BCUT2D eigenvalue weighted by Gasteiger charge is -2.04. The summed E-state index contributed by atoms with van der Waals surface area (Å²) >= 11 is 5.60. The highest BCUT2D eigenvalue weighted by atomic mass is 35.5. The second-order valence-electron chi connectivity index (χ2n) is 3.52. The topological polar surface area (TPSA) is 79.3 Å². The average Bonchev–Trinajstić information content (AvgIpc) is 2.27. The second kappa shape index (κ2) is 6.85. The highest BCUT2D eigenvalue weighted by molar-refractivity contribution is 6.29. The number of nitrogens with zero attached hydrogens (tertiary/aromatic N) is 1. The average molecular weight is 257 g/mol. The van der Waals surface area contributed by atoms with E-state index in [1.54, 1.807) is 12.1 Å². The molecule has 6 heteroatoms. The van der Waals surface area contributed by atoms with Gasteiger partial charge in [0.2, 0.25) is 5.91 Å². The lowest BCUT2D eigenvalue weighted by molar-refractivity contribution is -0.137. The first-order valence-electron chi connectivity index (χ1n) is 5.21. The monoisotopic (exact) mass is 256 g/mol. The van der Waals surface area contributed by atoms with Crippen LogP contribution in [0.25, 0.3) is 0 Å². The molecule has 1 heterocycles. The first-order chi connectivity index (χ1) is 8.08. The normalized spacial score (nSPS) is 9.94. The van der Waals surface area contributed by atoms with Crippen LogP contribution in [-0.2, 0) is 9.59 Å². The molecule has 17 heavy (non-hydrogen) atoms. The van der Waals surface area contributed by atoms with E-state index in [1.807, 2.05) is 0 Å². The van der Waals surface area contributed by atoms with Crippen LogP contribution >= 0.6 is 11.6 Å². The number of unbranched alkanes of at least 4 members (excludes halogenated alkanes) is 1. The van der Waals surface area contributed by atoms with Crippen molar-refractivity contribution in [1.29, 1.82) is 0 Å². The molecule has 0 aromatic carbocycles. The third-order valence-corrected chi connectivity index (χ3v) is 2.28. The molecule has 0 unspecified atom stereocenters. The molecular formula is C11H13ClN2O3. The minimum absolute atomic E-state index is 0.0930. The van der Waals surface area contributed by atoms with Crippen LogP contribution in [0.15, 0.2) is 18.3 Å². The molecule has 0 bridgehead atoms. The number of aromatic nitrogens is 1. The maximum Gasteiger partial charge on any atom is 0.303 e. The molecule has 1 aromatic heterocycles. The highest BCUT2D eigenvalue weighted by Crippen LogP contribution is 2.10. The minimum atomic E-state index is -0.840. The molecule has 1 aromatic rings. The number of halogens is 1. The van der Waals surface area contributed by atoms with E-state index < -0.39 is 5.97 Å². The minimum Gasteiger partial charge on any atom is -0.481 e. The fourth-order valence-corrected chi connectivity index (χ4v) is 1.35. The number of carboxylic acids is 1. The smallest absolute Gasteiger partial charge is 0.303 e. The van der Waals surface area contributed by atoms with Gasteiger partial charge in [-0.05, 0) is 25.0 Å². The number of rotatable bonds is 6. The van der Waals surface area contributed by atoms with Crippen LogP contribution in [0.3, 0.4) is 0 Å². The van der Waals surface area contributed by atoms with E-state index in [0.717, 1.165) is 0 Å². The number of carboxylic acid groups (broad SMARTS) is 1. The van der Waals surface area contributed by atoms with Crippen LogP contribution < -0.4 is 5.32 Å². The van der Waals surface area contributed by atoms with E-state index in [2.05, 4.69) is 10.3 Å². The SMILES string of the molecule is O=C(O)CCCCC(=O)Nc1ccc(Cl)nc1. The van der Waals surface area contributed by atoms with Crippen molar-refractivity contribution in [2.75, 3.05) is 5.32 Å². The number of carbonyl (C=O) groups excluding carboxylic acids is 1. The predicted octanol–water partition coefficient (Wildman–Crippen LogP) is 2.32. The van der Waals surface area contributed by atoms with E-state index in [-0.39, 0.29) is 12.3 Å². The quantitative estimate of drug-likeness (QED) is 0.605. The number of carbonyl (C=O) groups is 2. The van der Waals surface area contributed by atoms with Gasteiger partial charge in [0.15, 0.2) is 0 Å². The van der Waals surface area contributed by atoms with Crippen LogP contribution in [0.1, 0.15) is 25.7 Å². The zero-order chi connectivity index (χ0) is 12.7. The number of nitrogens with one attached hydrogen (secondary N) is 1. The van der Waals surface area contributed by atoms with Gasteiger partial charge in [-0.1, -0.05) is 11.6 Å². The maximum atomic E-state index is 11.4. The molecule has 2 N–H and O–H groups in total. The molecule has 0 saturated heterocycles. The van der Waals surface area contributed by atoms with Crippen molar-refractivity contribution in [3.05, 3.63) is 23.5 Å². The summed E-state index contributed by atoms with van der Waals surface area (Å²) in [6.07, 6.45) is 2.92. The first-order valence-corrected chi connectivity index (χ1v) is 5.59. The molecule has 0 atom stereocenters. The molecule has 0 saturated carbocycles. The van der Waals surface area contributed by atoms with Crippen molar-refractivity contribution in [2.24, 2.45) is 0 Å². The molecular weight excluding hydrogens is 244 g/mol. The number of anilines is 1. The Morgan fingerprint density at radius 2 is 2.00 bits per heavy atom. The summed E-state index contributed by atoms with van der Waals surface area (Å²) in [4.78, 5) is 25.5. The Balaban J connectivity index is 2.25. The number of pyridine rings is 1. The zero-order valence-electron chi connectivity index (χ0n) is 9.15. The lowest BCUT2D eigenvalue weighted by Crippen LogP contribution is -2.11. The van der Waals surface area contributed by atoms with Gasteiger partial charge in [0, 0.05) is 12.8 Å². The van der Waals surface area contributed by atoms with E-state index in [0.29, 0.717) is 30.1 Å². The number of hydrogen-bond donors (Lipinski definition) is 2. The highest BCUT2D eigenvalue weighted by Gasteiger charge is 2.03. The standard InChI is InChI=1S/C11H13ClN2O3/c12-9-6-5-8(7-13-9)14-10(15)3-1-2-4-11(16)17/h5-7H,1-4H2,(H,14,15)(H,16,17). The summed E-state index contributed by atoms with van der Waals surface area (Å²) in [6, 6.07) is 3.24. The Kier molecular flexibility index (Phi) is 5.42. The fraction of sp³-hybridized carbons (Fsp3) is 0.364. The van der Waals surface area contributed by atoms with E-state index in [4.69, 9.17) is 16.7 Å². The predicted molar refractivity (Wildman–Crippen MR) is 64.0 cm³/mol. The Morgan fingerprint density at radius 3 is 2.59 bits per heavy atom. The summed E-state index contributed by atoms with van der Waals surface area (Å²) in [5.41, 5.74) is 0.581. The van der Waals surface area contributed by atoms with Crippen LogP contribution in [-0.4, -0.2) is 22.0 Å². The van der Waals surface area contributed by atoms with E-state index in [9.17, 15) is 9.59 Å². The van der Waals surface area contributed by atoms with Crippen molar-refractivity contribution < 1.29 is 14.7 Å². The molecule has 1 amide bonds. The van der Waals surface area contributed by atoms with Crippen molar-refractivity contribution in [3.63, 3.8) is 0 Å². The summed E-state index contributed by atoms with van der Waals surface area (Å²) in [5, 5.41) is 11.4. The van der Waals surface area contributed by atoms with Crippen LogP contribution in [0.5, 0.6) is 0 Å². The van der Waals surface area contributed by atoms with Gasteiger partial charge < -0.3 is 10.4 Å². The van der Waals surface area contributed by atoms with Gasteiger partial charge in [0.1, 0.15) is 5.15 Å². The molecule has 0 spiro atoms. The summed E-state index contributed by atoms with van der Waals surface area (Å²) in [6.45, 7) is 0. The molecule has 0 fully saturated rings. The molecule has 0 aliphatic heterocycles. The zero-order valence-corrected chi connectivity index (χ0v) is 9.91. The Labute approximate surface area is 104 Å². The summed E-state index contributed by atoms with van der Waals surface area (Å²) in [5.74, 6) is -0.994. The molecule has 1 rings (SSSR count). The van der Waals surface area contributed by atoms with Crippen LogP contribution in [0.2, 0.25) is 5.15 Å². The summed E-state index contributed by atoms with van der Waals surface area (Å²) in [7, 11) is 0. The third-order valence-electron chi connectivity index (χ3n) is 2.06. The van der Waals surface area contributed by atoms with Crippen molar-refractivity contribution in [3.8, 4) is 0 Å². The van der Waals surface area contributed by atoms with Gasteiger partial charge in [0.25, 0.3) is 0 Å². The first kappa shape index (κ1) is 13.4. The Bertz CT molecular complexity index is 392. The molecule has 0 aliphatic carbocycles. The molecule has 0 aliphatic rings. The van der Waals surface area contributed by atoms with Gasteiger partial charge in [-0.25, -0.2) is 4.98 Å². The van der Waals surface area contributed by atoms with Crippen molar-refractivity contribution in [2.45, 2.75) is 25.7 Å².